The molecule has 0 radical (unpaired) electrons. The predicted molar refractivity (Wildman–Crippen MR) is 98.6 cm³/mol. The second-order valence-corrected chi connectivity index (χ2v) is 6.78. The van der Waals surface area contributed by atoms with Gasteiger partial charge in [-0.05, 0) is 65.3 Å². The van der Waals surface area contributed by atoms with Crippen molar-refractivity contribution < 1.29 is 9.53 Å². The van der Waals surface area contributed by atoms with Crippen LogP contribution >= 0.6 is 22.6 Å². The Morgan fingerprint density at radius 1 is 1.23 bits per heavy atom. The number of benzene rings is 2. The lowest BCUT2D eigenvalue weighted by atomic mass is 10.1. The van der Waals surface area contributed by atoms with E-state index in [4.69, 9.17) is 4.74 Å². The van der Waals surface area contributed by atoms with Gasteiger partial charge >= 0.3 is 0 Å². The number of para-hydroxylation sites is 2. The molecule has 1 amide bonds. The molecule has 0 spiro atoms. The van der Waals surface area contributed by atoms with Gasteiger partial charge in [0.2, 0.25) is 0 Å². The molecule has 0 aliphatic rings. The maximum atomic E-state index is 12.4. The van der Waals surface area contributed by atoms with E-state index in [1.807, 2.05) is 49.4 Å². The summed E-state index contributed by atoms with van der Waals surface area (Å²) in [5, 5.41) is 2.93. The molecule has 2 aromatic carbocycles. The summed E-state index contributed by atoms with van der Waals surface area (Å²) in [5.41, 5.74) is 2.51. The molecule has 2 rings (SSSR count). The quantitative estimate of drug-likeness (QED) is 0.715. The third-order valence-electron chi connectivity index (χ3n) is 3.14. The third-order valence-corrected chi connectivity index (χ3v) is 4.30. The van der Waals surface area contributed by atoms with Crippen LogP contribution in [0.5, 0.6) is 5.75 Å². The fraction of sp³-hybridized carbons (Fsp3) is 0.278. The predicted octanol–water partition coefficient (Wildman–Crippen LogP) is 4.89. The highest BCUT2D eigenvalue weighted by atomic mass is 127. The molecule has 0 aliphatic heterocycles. The molecule has 22 heavy (non-hydrogen) atoms. The minimum atomic E-state index is -0.126. The number of halogens is 1. The van der Waals surface area contributed by atoms with Crippen LogP contribution in [-0.4, -0.2) is 12.5 Å². The molecule has 0 fully saturated rings. The number of carbonyl (C=O) groups excluding carboxylic acids is 1. The molecule has 0 heterocycles. The van der Waals surface area contributed by atoms with E-state index in [1.165, 1.54) is 0 Å². The Kier molecular flexibility index (Phi) is 5.83. The highest BCUT2D eigenvalue weighted by molar-refractivity contribution is 14.1. The number of amides is 1. The van der Waals surface area contributed by atoms with E-state index < -0.39 is 0 Å². The first-order valence-electron chi connectivity index (χ1n) is 7.26. The van der Waals surface area contributed by atoms with Gasteiger partial charge in [0.15, 0.2) is 0 Å². The first-order chi connectivity index (χ1) is 10.5. The summed E-state index contributed by atoms with van der Waals surface area (Å²) in [5.74, 6) is 1.01. The van der Waals surface area contributed by atoms with Crippen LogP contribution in [0.4, 0.5) is 5.69 Å². The summed E-state index contributed by atoms with van der Waals surface area (Å²) in [4.78, 5) is 12.4. The number of aryl methyl sites for hydroxylation is 1. The van der Waals surface area contributed by atoms with Gasteiger partial charge in [-0.1, -0.05) is 32.0 Å². The Morgan fingerprint density at radius 3 is 2.64 bits per heavy atom. The zero-order chi connectivity index (χ0) is 16.1. The summed E-state index contributed by atoms with van der Waals surface area (Å²) < 4.78 is 6.84. The summed E-state index contributed by atoms with van der Waals surface area (Å²) in [6.07, 6.45) is 0. The van der Waals surface area contributed by atoms with Crippen molar-refractivity contribution in [3.63, 3.8) is 0 Å². The monoisotopic (exact) mass is 409 g/mol. The number of ether oxygens (including phenoxy) is 1. The molecule has 0 unspecified atom stereocenters. The maximum absolute atomic E-state index is 12.4. The molecule has 116 valence electrons. The van der Waals surface area contributed by atoms with Gasteiger partial charge in [-0.3, -0.25) is 4.79 Å². The van der Waals surface area contributed by atoms with Gasteiger partial charge in [-0.15, -0.1) is 0 Å². The summed E-state index contributed by atoms with van der Waals surface area (Å²) in [6.45, 7) is 6.83. The van der Waals surface area contributed by atoms with Gasteiger partial charge in [-0.25, -0.2) is 0 Å². The molecule has 0 saturated heterocycles. The summed E-state index contributed by atoms with van der Waals surface area (Å²) in [6, 6.07) is 13.2. The van der Waals surface area contributed by atoms with Crippen molar-refractivity contribution in [1.82, 2.24) is 0 Å². The Labute approximate surface area is 145 Å². The largest absolute Gasteiger partial charge is 0.491 e. The average molecular weight is 409 g/mol. The second kappa shape index (κ2) is 7.63. The minimum absolute atomic E-state index is 0.126. The number of hydrogen-bond acceptors (Lipinski definition) is 2. The molecule has 0 bridgehead atoms. The van der Waals surface area contributed by atoms with Gasteiger partial charge < -0.3 is 10.1 Å². The van der Waals surface area contributed by atoms with E-state index in [2.05, 4.69) is 41.8 Å². The Hall–Kier alpha value is -1.56. The van der Waals surface area contributed by atoms with Crippen molar-refractivity contribution in [1.29, 1.82) is 0 Å². The zero-order valence-corrected chi connectivity index (χ0v) is 15.2. The van der Waals surface area contributed by atoms with Crippen LogP contribution in [-0.2, 0) is 0 Å². The summed E-state index contributed by atoms with van der Waals surface area (Å²) in [7, 11) is 0. The van der Waals surface area contributed by atoms with Crippen molar-refractivity contribution in [2.45, 2.75) is 20.8 Å². The number of rotatable bonds is 5. The number of hydrogen-bond donors (Lipinski definition) is 1. The highest BCUT2D eigenvalue weighted by Crippen LogP contribution is 2.25. The molecule has 2 aromatic rings. The van der Waals surface area contributed by atoms with E-state index in [1.54, 1.807) is 0 Å². The lowest BCUT2D eigenvalue weighted by molar-refractivity contribution is 0.102. The van der Waals surface area contributed by atoms with Crippen LogP contribution < -0.4 is 10.1 Å². The third kappa shape index (κ3) is 4.47. The zero-order valence-electron chi connectivity index (χ0n) is 13.0. The number of nitrogens with one attached hydrogen (secondary N) is 1. The standard InChI is InChI=1S/C18H20INO2/c1-12(2)11-22-17-7-5-4-6-16(17)20-18(21)14-9-8-13(3)15(19)10-14/h4-10,12H,11H2,1-3H3,(H,20,21). The van der Waals surface area contributed by atoms with Crippen LogP contribution in [0.3, 0.4) is 0 Å². The van der Waals surface area contributed by atoms with Crippen molar-refractivity contribution in [3.05, 3.63) is 57.2 Å². The van der Waals surface area contributed by atoms with E-state index in [0.29, 0.717) is 29.5 Å². The average Bonchev–Trinajstić information content (AvgIpc) is 2.49. The topological polar surface area (TPSA) is 38.3 Å². The van der Waals surface area contributed by atoms with Crippen LogP contribution in [0.2, 0.25) is 0 Å². The Bertz CT molecular complexity index is 668. The van der Waals surface area contributed by atoms with Crippen molar-refractivity contribution >= 4 is 34.2 Å². The van der Waals surface area contributed by atoms with Gasteiger partial charge in [0.25, 0.3) is 5.91 Å². The molecule has 0 aliphatic carbocycles. The SMILES string of the molecule is Cc1ccc(C(=O)Nc2ccccc2OCC(C)C)cc1I. The van der Waals surface area contributed by atoms with Gasteiger partial charge in [0, 0.05) is 9.13 Å². The first-order valence-corrected chi connectivity index (χ1v) is 8.34. The molecule has 3 nitrogen and oxygen atoms in total. The molecule has 4 heteroatoms. The molecular formula is C18H20INO2. The Balaban J connectivity index is 2.15. The molecule has 0 aromatic heterocycles. The van der Waals surface area contributed by atoms with E-state index in [-0.39, 0.29) is 5.91 Å². The molecule has 1 N–H and O–H groups in total. The van der Waals surface area contributed by atoms with Crippen LogP contribution in [0.15, 0.2) is 42.5 Å². The van der Waals surface area contributed by atoms with Crippen LogP contribution in [0, 0.1) is 16.4 Å². The van der Waals surface area contributed by atoms with Gasteiger partial charge in [0.05, 0.1) is 12.3 Å². The normalized spacial score (nSPS) is 10.6. The smallest absolute Gasteiger partial charge is 0.255 e. The molecule has 0 saturated carbocycles. The van der Waals surface area contributed by atoms with E-state index in [9.17, 15) is 4.79 Å². The van der Waals surface area contributed by atoms with E-state index in [0.717, 1.165) is 9.13 Å². The summed E-state index contributed by atoms with van der Waals surface area (Å²) >= 11 is 2.24. The molecule has 0 atom stereocenters. The maximum Gasteiger partial charge on any atom is 0.255 e. The number of anilines is 1. The van der Waals surface area contributed by atoms with Gasteiger partial charge in [-0.2, -0.15) is 0 Å². The van der Waals surface area contributed by atoms with Gasteiger partial charge in [0.1, 0.15) is 5.75 Å². The fourth-order valence-electron chi connectivity index (χ4n) is 1.88. The highest BCUT2D eigenvalue weighted by Gasteiger charge is 2.11. The van der Waals surface area contributed by atoms with Crippen molar-refractivity contribution in [2.24, 2.45) is 5.92 Å². The minimum Gasteiger partial charge on any atom is -0.491 e. The lowest BCUT2D eigenvalue weighted by Crippen LogP contribution is -2.14. The van der Waals surface area contributed by atoms with Crippen molar-refractivity contribution in [2.75, 3.05) is 11.9 Å². The lowest BCUT2D eigenvalue weighted by Gasteiger charge is -2.14. The van der Waals surface area contributed by atoms with Crippen LogP contribution in [0.1, 0.15) is 29.8 Å². The van der Waals surface area contributed by atoms with Crippen LogP contribution in [0.25, 0.3) is 0 Å². The van der Waals surface area contributed by atoms with E-state index >= 15 is 0 Å². The number of carbonyl (C=O) groups is 1. The fourth-order valence-corrected chi connectivity index (χ4v) is 2.40. The van der Waals surface area contributed by atoms with Crippen molar-refractivity contribution in [3.8, 4) is 5.75 Å². The Morgan fingerprint density at radius 2 is 1.95 bits per heavy atom. The first kappa shape index (κ1) is 16.8. The molecular weight excluding hydrogens is 389 g/mol. The second-order valence-electron chi connectivity index (χ2n) is 5.62.